The molecule has 0 aliphatic carbocycles. The van der Waals surface area contributed by atoms with Crippen LogP contribution in [0.15, 0.2) is 48.0 Å². The lowest BCUT2D eigenvalue weighted by atomic mass is 10.1. The molecule has 8 heteroatoms. The second-order valence-electron chi connectivity index (χ2n) is 5.58. The molecule has 2 aromatic carbocycles. The summed E-state index contributed by atoms with van der Waals surface area (Å²) in [6.45, 7) is 2.17. The number of thiocarbonyl (C=S) groups is 1. The highest BCUT2D eigenvalue weighted by Gasteiger charge is 2.34. The van der Waals surface area contributed by atoms with E-state index in [1.54, 1.807) is 43.3 Å². The summed E-state index contributed by atoms with van der Waals surface area (Å²) in [5, 5.41) is 12.6. The molecule has 2 aromatic rings. The van der Waals surface area contributed by atoms with Gasteiger partial charge in [0, 0.05) is 0 Å². The van der Waals surface area contributed by atoms with Gasteiger partial charge in [-0.15, -0.1) is 0 Å². The van der Waals surface area contributed by atoms with Crippen molar-refractivity contribution in [2.75, 3.05) is 11.5 Å². The summed E-state index contributed by atoms with van der Waals surface area (Å²) >= 11 is 7.13. The third-order valence-corrected chi connectivity index (χ3v) is 4.88. The number of halogens is 1. The quantitative estimate of drug-likeness (QED) is 0.296. The van der Waals surface area contributed by atoms with Crippen LogP contribution in [0.3, 0.4) is 0 Å². The van der Waals surface area contributed by atoms with Crippen LogP contribution in [0.4, 0.5) is 5.69 Å². The number of aromatic hydroxyl groups is 1. The fraction of sp³-hybridized carbons (Fsp3) is 0.105. The molecule has 1 saturated heterocycles. The van der Waals surface area contributed by atoms with Gasteiger partial charge in [0.25, 0.3) is 11.8 Å². The van der Waals surface area contributed by atoms with Crippen LogP contribution in [-0.2, 0) is 9.59 Å². The molecule has 1 aliphatic rings. The summed E-state index contributed by atoms with van der Waals surface area (Å²) in [6, 6.07) is 12.1. The Labute approximate surface area is 175 Å². The van der Waals surface area contributed by atoms with E-state index in [1.165, 1.54) is 11.0 Å². The molecule has 6 nitrogen and oxygen atoms in total. The van der Waals surface area contributed by atoms with E-state index in [-0.39, 0.29) is 22.2 Å². The maximum atomic E-state index is 12.9. The van der Waals surface area contributed by atoms with E-state index >= 15 is 0 Å². The second kappa shape index (κ2) is 8.05. The maximum Gasteiger partial charge on any atom is 0.270 e. The van der Waals surface area contributed by atoms with Gasteiger partial charge in [-0.05, 0) is 77.6 Å². The number of hydrogen-bond acceptors (Lipinski definition) is 5. The zero-order valence-corrected chi connectivity index (χ0v) is 17.2. The highest BCUT2D eigenvalue weighted by Crippen LogP contribution is 2.34. The number of carbonyl (C=O) groups is 2. The highest BCUT2D eigenvalue weighted by molar-refractivity contribution is 14.1. The maximum absolute atomic E-state index is 12.9. The number of phenolic OH excluding ortho intramolecular Hbond substituents is 1. The van der Waals surface area contributed by atoms with Crippen molar-refractivity contribution < 1.29 is 19.4 Å². The molecule has 0 atom stereocenters. The summed E-state index contributed by atoms with van der Waals surface area (Å²) in [6.07, 6.45) is 1.46. The Bertz CT molecular complexity index is 960. The number of nitrogens with zero attached hydrogens (tertiary/aromatic N) is 1. The molecule has 2 N–H and O–H groups in total. The first-order valence-electron chi connectivity index (χ1n) is 8.04. The Morgan fingerprint density at radius 1 is 1.26 bits per heavy atom. The molecular weight excluding hydrogens is 479 g/mol. The summed E-state index contributed by atoms with van der Waals surface area (Å²) in [4.78, 5) is 26.6. The van der Waals surface area contributed by atoms with Gasteiger partial charge in [0.15, 0.2) is 16.6 Å². The molecular formula is C19H15IN2O4S. The van der Waals surface area contributed by atoms with Crippen molar-refractivity contribution in [2.45, 2.75) is 6.92 Å². The minimum atomic E-state index is -0.571. The van der Waals surface area contributed by atoms with E-state index < -0.39 is 11.8 Å². The van der Waals surface area contributed by atoms with E-state index in [0.29, 0.717) is 21.4 Å². The molecule has 1 heterocycles. The molecule has 0 spiro atoms. The average molecular weight is 494 g/mol. The first-order valence-corrected chi connectivity index (χ1v) is 9.53. The summed E-state index contributed by atoms with van der Waals surface area (Å²) in [5.41, 5.74) is 1.06. The lowest BCUT2D eigenvalue weighted by molar-refractivity contribution is -0.122. The predicted octanol–water partition coefficient (Wildman–Crippen LogP) is 3.23. The van der Waals surface area contributed by atoms with Gasteiger partial charge in [0.1, 0.15) is 5.57 Å². The van der Waals surface area contributed by atoms with Gasteiger partial charge in [-0.1, -0.05) is 18.2 Å². The van der Waals surface area contributed by atoms with Gasteiger partial charge in [-0.25, -0.2) is 0 Å². The fourth-order valence-corrected chi connectivity index (χ4v) is 3.48. The van der Waals surface area contributed by atoms with Crippen LogP contribution < -0.4 is 15.0 Å². The molecule has 1 aliphatic heterocycles. The number of benzene rings is 2. The molecule has 0 bridgehead atoms. The molecule has 27 heavy (non-hydrogen) atoms. The minimum Gasteiger partial charge on any atom is -0.504 e. The predicted molar refractivity (Wildman–Crippen MR) is 115 cm³/mol. The minimum absolute atomic E-state index is 0.0195. The van der Waals surface area contributed by atoms with Crippen LogP contribution >= 0.6 is 34.8 Å². The smallest absolute Gasteiger partial charge is 0.270 e. The highest BCUT2D eigenvalue weighted by atomic mass is 127. The SMILES string of the molecule is CCOc1cc(/C=C2/C(=O)NC(=S)N(c3ccccc3)C2=O)cc(I)c1O. The van der Waals surface area contributed by atoms with Crippen molar-refractivity contribution in [1.82, 2.24) is 5.32 Å². The number of hydrogen-bond donors (Lipinski definition) is 2. The van der Waals surface area contributed by atoms with Crippen LogP contribution in [0.5, 0.6) is 11.5 Å². The number of rotatable bonds is 4. The summed E-state index contributed by atoms with van der Waals surface area (Å²) in [5.74, 6) is -0.782. The first kappa shape index (κ1) is 19.3. The Morgan fingerprint density at radius 2 is 1.96 bits per heavy atom. The van der Waals surface area contributed by atoms with E-state index in [2.05, 4.69) is 5.32 Å². The fourth-order valence-electron chi connectivity index (χ4n) is 2.58. The van der Waals surface area contributed by atoms with Crippen LogP contribution in [0.25, 0.3) is 6.08 Å². The number of anilines is 1. The number of nitrogens with one attached hydrogen (secondary N) is 1. The Hall–Kier alpha value is -2.46. The molecule has 0 aromatic heterocycles. The molecule has 3 rings (SSSR count). The van der Waals surface area contributed by atoms with Crippen LogP contribution in [0.2, 0.25) is 0 Å². The largest absolute Gasteiger partial charge is 0.504 e. The van der Waals surface area contributed by atoms with E-state index in [4.69, 9.17) is 17.0 Å². The van der Waals surface area contributed by atoms with E-state index in [1.807, 2.05) is 28.7 Å². The zero-order valence-electron chi connectivity index (χ0n) is 14.2. The zero-order chi connectivity index (χ0) is 19.6. The van der Waals surface area contributed by atoms with Crippen LogP contribution in [0, 0.1) is 3.57 Å². The van der Waals surface area contributed by atoms with E-state index in [0.717, 1.165) is 0 Å². The molecule has 2 amide bonds. The molecule has 0 unspecified atom stereocenters. The van der Waals surface area contributed by atoms with E-state index in [9.17, 15) is 14.7 Å². The van der Waals surface area contributed by atoms with Crippen LogP contribution in [-0.4, -0.2) is 28.6 Å². The van der Waals surface area contributed by atoms with Gasteiger partial charge in [-0.2, -0.15) is 0 Å². The number of carbonyl (C=O) groups excluding carboxylic acids is 2. The lowest BCUT2D eigenvalue weighted by Gasteiger charge is -2.28. The third kappa shape index (κ3) is 3.96. The number of ether oxygens (including phenoxy) is 1. The summed E-state index contributed by atoms with van der Waals surface area (Å²) in [7, 11) is 0. The Balaban J connectivity index is 2.03. The molecule has 1 fully saturated rings. The van der Waals surface area contributed by atoms with Crippen molar-refractivity contribution in [3.63, 3.8) is 0 Å². The number of phenols is 1. The normalized spacial score (nSPS) is 15.9. The lowest BCUT2D eigenvalue weighted by Crippen LogP contribution is -2.54. The van der Waals surface area contributed by atoms with Gasteiger partial charge in [0.05, 0.1) is 15.9 Å². The first-order chi connectivity index (χ1) is 12.9. The Morgan fingerprint density at radius 3 is 2.63 bits per heavy atom. The van der Waals surface area contributed by atoms with Gasteiger partial charge in [0.2, 0.25) is 0 Å². The number of amides is 2. The van der Waals surface area contributed by atoms with Crippen molar-refractivity contribution >= 4 is 63.5 Å². The van der Waals surface area contributed by atoms with Crippen molar-refractivity contribution in [1.29, 1.82) is 0 Å². The third-order valence-electron chi connectivity index (χ3n) is 3.78. The van der Waals surface area contributed by atoms with Crippen molar-refractivity contribution in [2.24, 2.45) is 0 Å². The standard InChI is InChI=1S/C19H15IN2O4S/c1-2-26-15-10-11(9-14(20)16(15)23)8-13-17(24)21-19(27)22(18(13)25)12-6-4-3-5-7-12/h3-10,23H,2H2,1H3,(H,21,24,27)/b13-8-. The summed E-state index contributed by atoms with van der Waals surface area (Å²) < 4.78 is 5.95. The van der Waals surface area contributed by atoms with Gasteiger partial charge < -0.3 is 9.84 Å². The molecule has 0 radical (unpaired) electrons. The monoisotopic (exact) mass is 494 g/mol. The Kier molecular flexibility index (Phi) is 5.76. The topological polar surface area (TPSA) is 78.9 Å². The molecule has 138 valence electrons. The van der Waals surface area contributed by atoms with Crippen molar-refractivity contribution in [3.8, 4) is 11.5 Å². The molecule has 0 saturated carbocycles. The second-order valence-corrected chi connectivity index (χ2v) is 7.12. The van der Waals surface area contributed by atoms with Crippen LogP contribution in [0.1, 0.15) is 12.5 Å². The van der Waals surface area contributed by atoms with Gasteiger partial charge in [-0.3, -0.25) is 19.8 Å². The van der Waals surface area contributed by atoms with Crippen molar-refractivity contribution in [3.05, 3.63) is 57.2 Å². The average Bonchev–Trinajstić information content (AvgIpc) is 2.63. The number of para-hydroxylation sites is 1. The van der Waals surface area contributed by atoms with Gasteiger partial charge >= 0.3 is 0 Å².